The number of alkyl halides is 3. The molecule has 3 nitrogen and oxygen atoms in total. The number of aliphatic hydroxyl groups is 1. The van der Waals surface area contributed by atoms with Crippen LogP contribution in [0.25, 0.3) is 10.8 Å². The molecular weight excluding hydrogens is 295 g/mol. The molecule has 0 fully saturated rings. The second kappa shape index (κ2) is 5.87. The molecule has 110 valence electrons. The number of fused-ring (bicyclic) bond motifs is 1. The number of nitrogens with two attached hydrogens (primary N) is 1. The second-order valence-electron chi connectivity index (χ2n) is 4.30. The number of hydrogen-bond donors (Lipinski definition) is 3. The molecule has 0 saturated heterocycles. The summed E-state index contributed by atoms with van der Waals surface area (Å²) in [4.78, 5) is 0. The first kappa shape index (κ1) is 16.6. The van der Waals surface area contributed by atoms with Crippen molar-refractivity contribution in [3.63, 3.8) is 0 Å². The third-order valence-corrected chi connectivity index (χ3v) is 2.91. The molecule has 0 saturated carbocycles. The molecule has 2 atom stereocenters. The van der Waals surface area contributed by atoms with Crippen molar-refractivity contribution in [1.82, 2.24) is 0 Å². The van der Waals surface area contributed by atoms with Crippen molar-refractivity contribution in [2.24, 2.45) is 5.73 Å². The van der Waals surface area contributed by atoms with Gasteiger partial charge in [-0.15, -0.1) is 12.4 Å². The van der Waals surface area contributed by atoms with E-state index in [1.165, 1.54) is 24.3 Å². The van der Waals surface area contributed by atoms with E-state index in [4.69, 9.17) is 10.8 Å². The van der Waals surface area contributed by atoms with Crippen LogP contribution < -0.4 is 5.73 Å². The zero-order valence-electron chi connectivity index (χ0n) is 10.1. The van der Waals surface area contributed by atoms with E-state index < -0.39 is 18.3 Å². The first-order valence-electron chi connectivity index (χ1n) is 5.52. The summed E-state index contributed by atoms with van der Waals surface area (Å²) < 4.78 is 37.2. The van der Waals surface area contributed by atoms with E-state index in [-0.39, 0.29) is 23.7 Å². The lowest BCUT2D eigenvalue weighted by Gasteiger charge is -2.21. The summed E-state index contributed by atoms with van der Waals surface area (Å²) in [6, 6.07) is 7.37. The number of rotatable bonds is 2. The van der Waals surface area contributed by atoms with E-state index >= 15 is 0 Å². The van der Waals surface area contributed by atoms with Gasteiger partial charge in [0.25, 0.3) is 0 Å². The van der Waals surface area contributed by atoms with Gasteiger partial charge in [-0.05, 0) is 34.5 Å². The third kappa shape index (κ3) is 3.33. The van der Waals surface area contributed by atoms with Gasteiger partial charge >= 0.3 is 6.18 Å². The van der Waals surface area contributed by atoms with E-state index in [1.54, 1.807) is 12.1 Å². The van der Waals surface area contributed by atoms with Gasteiger partial charge in [0.1, 0.15) is 5.75 Å². The van der Waals surface area contributed by atoms with Crippen molar-refractivity contribution in [3.05, 3.63) is 42.0 Å². The molecule has 0 spiro atoms. The number of benzene rings is 2. The fourth-order valence-corrected chi connectivity index (χ4v) is 1.84. The van der Waals surface area contributed by atoms with Crippen LogP contribution in [0.3, 0.4) is 0 Å². The van der Waals surface area contributed by atoms with Gasteiger partial charge in [0, 0.05) is 0 Å². The van der Waals surface area contributed by atoms with Crippen molar-refractivity contribution in [2.75, 3.05) is 0 Å². The molecule has 7 heteroatoms. The van der Waals surface area contributed by atoms with Crippen LogP contribution in [-0.4, -0.2) is 22.5 Å². The highest BCUT2D eigenvalue weighted by Gasteiger charge is 2.42. The monoisotopic (exact) mass is 307 g/mol. The number of phenolic OH excluding ortho intramolecular Hbond substituents is 1. The maximum atomic E-state index is 12.4. The Morgan fingerprint density at radius 1 is 1.00 bits per heavy atom. The molecule has 2 aromatic rings. The first-order valence-corrected chi connectivity index (χ1v) is 5.52. The van der Waals surface area contributed by atoms with Gasteiger partial charge in [-0.25, -0.2) is 0 Å². The summed E-state index contributed by atoms with van der Waals surface area (Å²) in [6.07, 6.45) is -7.37. The number of halogens is 4. The Morgan fingerprint density at radius 3 is 2.15 bits per heavy atom. The lowest BCUT2D eigenvalue weighted by Crippen LogP contribution is -2.38. The molecule has 0 aliphatic carbocycles. The van der Waals surface area contributed by atoms with Crippen LogP contribution in [0, 0.1) is 0 Å². The highest BCUT2D eigenvalue weighted by molar-refractivity contribution is 5.85. The molecule has 2 aromatic carbocycles. The largest absolute Gasteiger partial charge is 0.508 e. The van der Waals surface area contributed by atoms with Crippen LogP contribution in [0.15, 0.2) is 36.4 Å². The molecule has 0 aliphatic rings. The average Bonchev–Trinajstić information content (AvgIpc) is 2.35. The minimum Gasteiger partial charge on any atom is -0.508 e. The van der Waals surface area contributed by atoms with Gasteiger partial charge in [-0.3, -0.25) is 0 Å². The van der Waals surface area contributed by atoms with Gasteiger partial charge in [-0.2, -0.15) is 13.2 Å². The molecule has 0 aliphatic heterocycles. The van der Waals surface area contributed by atoms with E-state index in [9.17, 15) is 18.3 Å². The second-order valence-corrected chi connectivity index (χ2v) is 4.30. The molecule has 0 unspecified atom stereocenters. The van der Waals surface area contributed by atoms with Crippen molar-refractivity contribution in [1.29, 1.82) is 0 Å². The van der Waals surface area contributed by atoms with Crippen LogP contribution in [0.2, 0.25) is 0 Å². The summed E-state index contributed by atoms with van der Waals surface area (Å²) in [5, 5.41) is 19.7. The van der Waals surface area contributed by atoms with Crippen LogP contribution >= 0.6 is 12.4 Å². The summed E-state index contributed by atoms with van der Waals surface area (Å²) in [5.41, 5.74) is 5.61. The first-order chi connectivity index (χ1) is 8.79. The summed E-state index contributed by atoms with van der Waals surface area (Å²) in [5.74, 6) is 0.0693. The maximum Gasteiger partial charge on any atom is 0.416 e. The molecule has 0 radical (unpaired) electrons. The van der Waals surface area contributed by atoms with Crippen LogP contribution in [-0.2, 0) is 0 Å². The molecule has 0 aromatic heterocycles. The van der Waals surface area contributed by atoms with Gasteiger partial charge in [0.2, 0.25) is 0 Å². The van der Waals surface area contributed by atoms with E-state index in [2.05, 4.69) is 0 Å². The standard InChI is InChI=1S/C13H12F3NO2.ClH/c14-13(15,16)12(19)11(17)9-2-1-8-6-10(18)4-3-7(8)5-9;/h1-6,11-12,18-19H,17H2;1H/t11-,12-;/m0./s1. The molecule has 4 N–H and O–H groups in total. The summed E-state index contributed by atoms with van der Waals surface area (Å²) >= 11 is 0. The fraction of sp³-hybridized carbons (Fsp3) is 0.231. The van der Waals surface area contributed by atoms with Crippen molar-refractivity contribution < 1.29 is 23.4 Å². The van der Waals surface area contributed by atoms with E-state index in [0.717, 1.165) is 0 Å². The SMILES string of the molecule is Cl.N[C@@H](c1ccc2cc(O)ccc2c1)[C@H](O)C(F)(F)F. The Bertz CT molecular complexity index is 604. The Morgan fingerprint density at radius 2 is 1.55 bits per heavy atom. The van der Waals surface area contributed by atoms with E-state index in [1.807, 2.05) is 0 Å². The fourth-order valence-electron chi connectivity index (χ4n) is 1.84. The van der Waals surface area contributed by atoms with Crippen molar-refractivity contribution >= 4 is 23.2 Å². The number of hydrogen-bond acceptors (Lipinski definition) is 3. The lowest BCUT2D eigenvalue weighted by atomic mass is 9.98. The maximum absolute atomic E-state index is 12.4. The Balaban J connectivity index is 0.00000200. The molecule has 2 rings (SSSR count). The molecule has 0 bridgehead atoms. The Labute approximate surface area is 119 Å². The van der Waals surface area contributed by atoms with Gasteiger partial charge in [0.15, 0.2) is 6.10 Å². The third-order valence-electron chi connectivity index (χ3n) is 2.91. The predicted molar refractivity (Wildman–Crippen MR) is 71.9 cm³/mol. The number of aliphatic hydroxyl groups excluding tert-OH is 1. The summed E-state index contributed by atoms with van der Waals surface area (Å²) in [7, 11) is 0. The molecule has 0 heterocycles. The van der Waals surface area contributed by atoms with Crippen LogP contribution in [0.1, 0.15) is 11.6 Å². The zero-order valence-corrected chi connectivity index (χ0v) is 10.9. The van der Waals surface area contributed by atoms with Crippen LogP contribution in [0.4, 0.5) is 13.2 Å². The molecular formula is C13H13ClF3NO2. The van der Waals surface area contributed by atoms with Gasteiger partial charge < -0.3 is 15.9 Å². The minimum atomic E-state index is -4.76. The van der Waals surface area contributed by atoms with Gasteiger partial charge in [0.05, 0.1) is 6.04 Å². The number of phenols is 1. The normalized spacial score (nSPS) is 14.7. The summed E-state index contributed by atoms with van der Waals surface area (Å²) in [6.45, 7) is 0. The Kier molecular flexibility index (Phi) is 4.86. The zero-order chi connectivity index (χ0) is 14.2. The van der Waals surface area contributed by atoms with Gasteiger partial charge in [-0.1, -0.05) is 18.2 Å². The highest BCUT2D eigenvalue weighted by atomic mass is 35.5. The van der Waals surface area contributed by atoms with Crippen molar-refractivity contribution in [2.45, 2.75) is 18.3 Å². The van der Waals surface area contributed by atoms with E-state index in [0.29, 0.717) is 10.8 Å². The van der Waals surface area contributed by atoms with Crippen LogP contribution in [0.5, 0.6) is 5.75 Å². The predicted octanol–water partition coefficient (Wildman–Crippen LogP) is 2.89. The minimum absolute atomic E-state index is 0. The number of aromatic hydroxyl groups is 1. The molecule has 20 heavy (non-hydrogen) atoms. The smallest absolute Gasteiger partial charge is 0.416 e. The Hall–Kier alpha value is -1.50. The van der Waals surface area contributed by atoms with Crippen molar-refractivity contribution in [3.8, 4) is 5.75 Å². The average molecular weight is 308 g/mol. The highest BCUT2D eigenvalue weighted by Crippen LogP contribution is 2.30. The quantitative estimate of drug-likeness (QED) is 0.799. The topological polar surface area (TPSA) is 66.5 Å². The molecule has 0 amide bonds. The lowest BCUT2D eigenvalue weighted by molar-refractivity contribution is -0.210.